The van der Waals surface area contributed by atoms with Gasteiger partial charge in [0.15, 0.2) is 5.71 Å². The van der Waals surface area contributed by atoms with Gasteiger partial charge in [-0.1, -0.05) is 25.1 Å². The van der Waals surface area contributed by atoms with Gasteiger partial charge in [0.05, 0.1) is 0 Å². The van der Waals surface area contributed by atoms with Crippen molar-refractivity contribution < 1.29 is 37.2 Å². The van der Waals surface area contributed by atoms with Crippen molar-refractivity contribution in [3.8, 4) is 0 Å². The Bertz CT molecular complexity index is 567. The molecule has 0 bridgehead atoms. The lowest BCUT2D eigenvalue weighted by molar-refractivity contribution is -0.141. The van der Waals surface area contributed by atoms with Gasteiger partial charge in [-0.25, -0.2) is 9.59 Å². The number of hydrogen-bond acceptors (Lipinski definition) is 8. The summed E-state index contributed by atoms with van der Waals surface area (Å²) in [6.45, 7) is 5.98. The number of carbonyl (C=O) groups is 2. The zero-order valence-electron chi connectivity index (χ0n) is 13.0. The smallest absolute Gasteiger partial charge is 0.353 e. The second-order valence-corrected chi connectivity index (χ2v) is 6.38. The molecule has 9 nitrogen and oxygen atoms in total. The van der Waals surface area contributed by atoms with Crippen LogP contribution in [0.2, 0.25) is 0 Å². The summed E-state index contributed by atoms with van der Waals surface area (Å²) in [4.78, 5) is 22.0. The molecule has 1 atom stereocenters. The summed E-state index contributed by atoms with van der Waals surface area (Å²) in [6, 6.07) is 0. The highest BCUT2D eigenvalue weighted by Crippen LogP contribution is 2.04. The van der Waals surface area contributed by atoms with Crippen molar-refractivity contribution in [2.45, 2.75) is 39.2 Å². The van der Waals surface area contributed by atoms with E-state index in [0.717, 1.165) is 0 Å². The van der Waals surface area contributed by atoms with Crippen molar-refractivity contribution in [1.82, 2.24) is 0 Å². The van der Waals surface area contributed by atoms with E-state index in [0.29, 0.717) is 12.8 Å². The van der Waals surface area contributed by atoms with E-state index in [4.69, 9.17) is 5.11 Å². The largest absolute Gasteiger partial charge is 0.477 e. The Hall–Kier alpha value is -1.94. The number of unbranched alkanes of at least 4 members (excludes halogenated alkanes) is 1. The second-order valence-electron chi connectivity index (χ2n) is 4.78. The van der Waals surface area contributed by atoms with E-state index in [9.17, 15) is 23.1 Å². The Kier molecular flexibility index (Phi) is 9.11. The molecule has 0 aliphatic rings. The molecule has 0 radical (unpaired) electrons. The van der Waals surface area contributed by atoms with Crippen LogP contribution in [-0.2, 0) is 28.7 Å². The Morgan fingerprint density at radius 3 is 2.43 bits per heavy atom. The SMILES string of the molecule is C=C(C)C(=O)OCC(O)CS(=O)(=O)O/N=C(/CCCC)C(=O)O. The lowest BCUT2D eigenvalue weighted by Gasteiger charge is -2.10. The van der Waals surface area contributed by atoms with E-state index in [1.165, 1.54) is 6.92 Å². The van der Waals surface area contributed by atoms with E-state index >= 15 is 0 Å². The number of aliphatic hydroxyl groups excluding tert-OH is 1. The number of ether oxygens (including phenoxy) is 1. The van der Waals surface area contributed by atoms with Crippen molar-refractivity contribution in [1.29, 1.82) is 0 Å². The maximum absolute atomic E-state index is 11.6. The number of hydrogen-bond donors (Lipinski definition) is 2. The molecule has 1 unspecified atom stereocenters. The quantitative estimate of drug-likeness (QED) is 0.236. The molecule has 10 heteroatoms. The Morgan fingerprint density at radius 2 is 1.96 bits per heavy atom. The predicted octanol–water partition coefficient (Wildman–Crippen LogP) is 0.444. The van der Waals surface area contributed by atoms with Crippen LogP contribution < -0.4 is 0 Å². The fraction of sp³-hybridized carbons (Fsp3) is 0.615. The number of nitrogens with zero attached hydrogens (tertiary/aromatic N) is 1. The van der Waals surface area contributed by atoms with Crippen LogP contribution in [0, 0.1) is 0 Å². The number of esters is 1. The molecular formula is C13H21NO8S. The highest BCUT2D eigenvalue weighted by molar-refractivity contribution is 7.86. The highest BCUT2D eigenvalue weighted by atomic mass is 32.2. The molecule has 0 aliphatic carbocycles. The fourth-order valence-corrected chi connectivity index (χ4v) is 2.08. The normalized spacial score (nSPS) is 13.3. The van der Waals surface area contributed by atoms with Crippen molar-refractivity contribution in [2.24, 2.45) is 5.16 Å². The van der Waals surface area contributed by atoms with Gasteiger partial charge >= 0.3 is 22.1 Å². The first-order valence-corrected chi connectivity index (χ1v) is 8.39. The lowest BCUT2D eigenvalue weighted by Crippen LogP contribution is -2.28. The third-order valence-electron chi connectivity index (χ3n) is 2.43. The van der Waals surface area contributed by atoms with Crippen LogP contribution in [-0.4, -0.2) is 54.7 Å². The molecule has 0 amide bonds. The number of aliphatic hydroxyl groups is 1. The van der Waals surface area contributed by atoms with Gasteiger partial charge in [-0.05, 0) is 13.3 Å². The number of rotatable bonds is 11. The van der Waals surface area contributed by atoms with E-state index in [1.807, 2.05) is 6.92 Å². The van der Waals surface area contributed by atoms with Crippen molar-refractivity contribution in [3.63, 3.8) is 0 Å². The van der Waals surface area contributed by atoms with Gasteiger partial charge in [0.2, 0.25) is 0 Å². The third kappa shape index (κ3) is 9.63. The van der Waals surface area contributed by atoms with Gasteiger partial charge < -0.3 is 14.9 Å². The summed E-state index contributed by atoms with van der Waals surface area (Å²) in [5.41, 5.74) is -0.332. The molecule has 0 aliphatic heterocycles. The zero-order chi connectivity index (χ0) is 18.0. The summed E-state index contributed by atoms with van der Waals surface area (Å²) in [5.74, 6) is -3.06. The molecule has 0 saturated heterocycles. The summed E-state index contributed by atoms with van der Waals surface area (Å²) in [7, 11) is -4.32. The van der Waals surface area contributed by atoms with Crippen LogP contribution >= 0.6 is 0 Å². The molecule has 0 spiro atoms. The summed E-state index contributed by atoms with van der Waals surface area (Å²) in [6.07, 6.45) is -0.276. The molecule has 0 saturated carbocycles. The minimum atomic E-state index is -4.32. The van der Waals surface area contributed by atoms with Crippen molar-refractivity contribution in [2.75, 3.05) is 12.4 Å². The molecule has 2 N–H and O–H groups in total. The molecule has 0 aromatic carbocycles. The summed E-state index contributed by atoms with van der Waals surface area (Å²) >= 11 is 0. The number of carboxylic acids is 1. The first kappa shape index (κ1) is 21.1. The van der Waals surface area contributed by atoms with Crippen LogP contribution in [0.15, 0.2) is 17.3 Å². The van der Waals surface area contributed by atoms with Gasteiger partial charge in [-0.2, -0.15) is 8.42 Å². The van der Waals surface area contributed by atoms with E-state index in [-0.39, 0.29) is 12.0 Å². The van der Waals surface area contributed by atoms with Crippen LogP contribution in [0.3, 0.4) is 0 Å². The maximum Gasteiger partial charge on any atom is 0.353 e. The fourth-order valence-electron chi connectivity index (χ4n) is 1.25. The van der Waals surface area contributed by atoms with Crippen molar-refractivity contribution >= 4 is 27.8 Å². The standard InChI is InChI=1S/C13H21NO8S/c1-4-5-6-11(12(16)17)14-22-23(19,20)8-10(15)7-21-13(18)9(2)3/h10,15H,2,4-8H2,1,3H3,(H,16,17)/b14-11-. The first-order chi connectivity index (χ1) is 10.6. The first-order valence-electron chi connectivity index (χ1n) is 6.81. The Morgan fingerprint density at radius 1 is 1.35 bits per heavy atom. The number of aliphatic carboxylic acids is 1. The summed E-state index contributed by atoms with van der Waals surface area (Å²) < 4.78 is 32.0. The Balaban J connectivity index is 4.59. The predicted molar refractivity (Wildman–Crippen MR) is 81.2 cm³/mol. The molecule has 0 aromatic heterocycles. The number of oxime groups is 1. The molecule has 23 heavy (non-hydrogen) atoms. The van der Waals surface area contributed by atoms with Gasteiger partial charge in [-0.15, -0.1) is 0 Å². The summed E-state index contributed by atoms with van der Waals surface area (Å²) in [5, 5.41) is 21.5. The topological polar surface area (TPSA) is 140 Å². The Labute approximate surface area is 134 Å². The van der Waals surface area contributed by atoms with Gasteiger partial charge in [0.1, 0.15) is 18.5 Å². The van der Waals surface area contributed by atoms with Gasteiger partial charge in [0, 0.05) is 12.0 Å². The van der Waals surface area contributed by atoms with Gasteiger partial charge in [-0.3, -0.25) is 4.28 Å². The van der Waals surface area contributed by atoms with Crippen LogP contribution in [0.5, 0.6) is 0 Å². The molecule has 0 aromatic rings. The molecule has 0 heterocycles. The highest BCUT2D eigenvalue weighted by Gasteiger charge is 2.21. The molecule has 0 rings (SSSR count). The van der Waals surface area contributed by atoms with Gasteiger partial charge in [0.25, 0.3) is 0 Å². The molecule has 132 valence electrons. The average Bonchev–Trinajstić information content (AvgIpc) is 2.43. The van der Waals surface area contributed by atoms with Crippen LogP contribution in [0.25, 0.3) is 0 Å². The third-order valence-corrected chi connectivity index (χ3v) is 3.52. The number of carboxylic acid groups (broad SMARTS) is 1. The van der Waals surface area contributed by atoms with E-state index in [2.05, 4.69) is 20.8 Å². The molecular weight excluding hydrogens is 330 g/mol. The second kappa shape index (κ2) is 9.95. The van der Waals surface area contributed by atoms with Crippen LogP contribution in [0.1, 0.15) is 33.1 Å². The monoisotopic (exact) mass is 351 g/mol. The maximum atomic E-state index is 11.6. The van der Waals surface area contributed by atoms with E-state index < -0.39 is 46.2 Å². The minimum Gasteiger partial charge on any atom is -0.477 e. The van der Waals surface area contributed by atoms with Crippen LogP contribution in [0.4, 0.5) is 0 Å². The van der Waals surface area contributed by atoms with Crippen molar-refractivity contribution in [3.05, 3.63) is 12.2 Å². The molecule has 0 fully saturated rings. The van der Waals surface area contributed by atoms with E-state index in [1.54, 1.807) is 0 Å². The lowest BCUT2D eigenvalue weighted by atomic mass is 10.2. The average molecular weight is 351 g/mol. The minimum absolute atomic E-state index is 0.0557. The number of carbonyl (C=O) groups excluding carboxylic acids is 1. The zero-order valence-corrected chi connectivity index (χ0v) is 13.8.